The predicted molar refractivity (Wildman–Crippen MR) is 67.9 cm³/mol. The van der Waals surface area contributed by atoms with Crippen LogP contribution in [0.4, 0.5) is 4.39 Å². The highest BCUT2D eigenvalue weighted by Gasteiger charge is 2.26. The van der Waals surface area contributed by atoms with Gasteiger partial charge in [0, 0.05) is 18.8 Å². The quantitative estimate of drug-likeness (QED) is 0.795. The van der Waals surface area contributed by atoms with Crippen molar-refractivity contribution in [3.05, 3.63) is 34.6 Å². The summed E-state index contributed by atoms with van der Waals surface area (Å²) in [5, 5.41) is 10.2. The smallest absolute Gasteiger partial charge is 0.187 e. The first kappa shape index (κ1) is 15.1. The minimum atomic E-state index is -1.12. The number of ether oxygens (including phenoxy) is 2. The molecule has 1 atom stereocenters. The van der Waals surface area contributed by atoms with Gasteiger partial charge in [-0.15, -0.1) is 0 Å². The van der Waals surface area contributed by atoms with E-state index in [4.69, 9.17) is 9.47 Å². The van der Waals surface area contributed by atoms with Crippen LogP contribution >= 0.6 is 0 Å². The molecule has 0 aliphatic rings. The lowest BCUT2D eigenvalue weighted by Gasteiger charge is -2.24. The Kier molecular flexibility index (Phi) is 5.72. The van der Waals surface area contributed by atoms with E-state index >= 15 is 0 Å². The number of hydrogen-bond acceptors (Lipinski definition) is 3. The normalized spacial score (nSPS) is 13.1. The molecule has 0 heterocycles. The topological polar surface area (TPSA) is 38.7 Å². The Morgan fingerprint density at radius 1 is 1.17 bits per heavy atom. The lowest BCUT2D eigenvalue weighted by molar-refractivity contribution is -0.192. The van der Waals surface area contributed by atoms with Crippen molar-refractivity contribution in [2.75, 3.05) is 13.2 Å². The highest BCUT2D eigenvalue weighted by Crippen LogP contribution is 2.27. The van der Waals surface area contributed by atoms with Crippen LogP contribution in [0.5, 0.6) is 0 Å². The van der Waals surface area contributed by atoms with Crippen LogP contribution in [0.3, 0.4) is 0 Å². The average Bonchev–Trinajstić information content (AvgIpc) is 2.27. The Hall–Kier alpha value is -0.970. The van der Waals surface area contributed by atoms with Gasteiger partial charge in [0.25, 0.3) is 0 Å². The number of aliphatic hydroxyl groups is 1. The fourth-order valence-electron chi connectivity index (χ4n) is 2.00. The second-order valence-electron chi connectivity index (χ2n) is 4.20. The van der Waals surface area contributed by atoms with Crippen LogP contribution in [-0.2, 0) is 9.47 Å². The molecule has 0 aliphatic carbocycles. The number of halogens is 1. The molecular weight excluding hydrogens is 235 g/mol. The summed E-state index contributed by atoms with van der Waals surface area (Å²) in [5.41, 5.74) is 1.77. The first-order valence-corrected chi connectivity index (χ1v) is 6.19. The third-order valence-electron chi connectivity index (χ3n) is 2.70. The Morgan fingerprint density at radius 3 is 2.17 bits per heavy atom. The molecule has 18 heavy (non-hydrogen) atoms. The third-order valence-corrected chi connectivity index (χ3v) is 2.70. The van der Waals surface area contributed by atoms with E-state index in [1.165, 1.54) is 6.07 Å². The minimum absolute atomic E-state index is 0.243. The van der Waals surface area contributed by atoms with E-state index in [1.807, 2.05) is 13.0 Å². The number of aliphatic hydroxyl groups excluding tert-OH is 1. The van der Waals surface area contributed by atoms with Gasteiger partial charge in [0.15, 0.2) is 6.29 Å². The van der Waals surface area contributed by atoms with Crippen LogP contribution < -0.4 is 0 Å². The lowest BCUT2D eigenvalue weighted by atomic mass is 10.00. The number of hydrogen-bond donors (Lipinski definition) is 1. The van der Waals surface area contributed by atoms with Crippen LogP contribution in [0.1, 0.15) is 36.6 Å². The zero-order valence-corrected chi connectivity index (χ0v) is 11.4. The van der Waals surface area contributed by atoms with Gasteiger partial charge in [-0.1, -0.05) is 6.07 Å². The highest BCUT2D eigenvalue weighted by atomic mass is 19.1. The zero-order valence-electron chi connectivity index (χ0n) is 11.4. The van der Waals surface area contributed by atoms with Crippen molar-refractivity contribution in [3.63, 3.8) is 0 Å². The molecule has 0 saturated carbocycles. The van der Waals surface area contributed by atoms with E-state index in [0.717, 1.165) is 5.56 Å². The fourth-order valence-corrected chi connectivity index (χ4v) is 2.00. The van der Waals surface area contributed by atoms with E-state index in [-0.39, 0.29) is 5.56 Å². The van der Waals surface area contributed by atoms with Crippen molar-refractivity contribution < 1.29 is 19.0 Å². The van der Waals surface area contributed by atoms with Gasteiger partial charge in [0.1, 0.15) is 11.9 Å². The van der Waals surface area contributed by atoms with Crippen LogP contribution in [0.25, 0.3) is 0 Å². The molecule has 4 heteroatoms. The Bertz CT molecular complexity index is 364. The first-order valence-electron chi connectivity index (χ1n) is 6.19. The summed E-state index contributed by atoms with van der Waals surface area (Å²) >= 11 is 0. The Morgan fingerprint density at radius 2 is 1.72 bits per heavy atom. The Balaban J connectivity index is 3.03. The summed E-state index contributed by atoms with van der Waals surface area (Å²) in [6.45, 7) is 7.98. The maximum absolute atomic E-state index is 13.9. The largest absolute Gasteiger partial charge is 0.383 e. The standard InChI is InChI=1S/C14H21FO3/c1-5-17-14(18-6-2)13(16)12-10(4)7-9(3)8-11(12)15/h7-8,13-14,16H,5-6H2,1-4H3. The molecule has 1 aromatic carbocycles. The molecule has 1 unspecified atom stereocenters. The van der Waals surface area contributed by atoms with Gasteiger partial charge in [-0.25, -0.2) is 4.39 Å². The minimum Gasteiger partial charge on any atom is -0.383 e. The van der Waals surface area contributed by atoms with E-state index < -0.39 is 18.2 Å². The summed E-state index contributed by atoms with van der Waals surface area (Å²) in [4.78, 5) is 0. The van der Waals surface area contributed by atoms with Crippen molar-refractivity contribution >= 4 is 0 Å². The van der Waals surface area contributed by atoms with E-state index in [1.54, 1.807) is 20.8 Å². The molecule has 0 aliphatic heterocycles. The molecular formula is C14H21FO3. The second-order valence-corrected chi connectivity index (χ2v) is 4.20. The predicted octanol–water partition coefficient (Wildman–Crippen LogP) is 2.88. The SMILES string of the molecule is CCOC(OCC)C(O)c1c(C)cc(C)cc1F. The van der Waals surface area contributed by atoms with Gasteiger partial charge in [-0.05, 0) is 44.9 Å². The summed E-state index contributed by atoms with van der Waals surface area (Å²) in [7, 11) is 0. The molecule has 0 amide bonds. The first-order chi connectivity index (χ1) is 8.51. The van der Waals surface area contributed by atoms with Crippen LogP contribution in [0.2, 0.25) is 0 Å². The molecule has 3 nitrogen and oxygen atoms in total. The van der Waals surface area contributed by atoms with E-state index in [0.29, 0.717) is 18.8 Å². The summed E-state index contributed by atoms with van der Waals surface area (Å²) in [5.74, 6) is -0.426. The van der Waals surface area contributed by atoms with E-state index in [9.17, 15) is 9.50 Å². The summed E-state index contributed by atoms with van der Waals surface area (Å²) in [6.07, 6.45) is -1.96. The van der Waals surface area contributed by atoms with Crippen molar-refractivity contribution in [1.82, 2.24) is 0 Å². The van der Waals surface area contributed by atoms with Crippen molar-refractivity contribution in [1.29, 1.82) is 0 Å². The van der Waals surface area contributed by atoms with Gasteiger partial charge < -0.3 is 14.6 Å². The maximum atomic E-state index is 13.9. The van der Waals surface area contributed by atoms with Gasteiger partial charge in [0.2, 0.25) is 0 Å². The maximum Gasteiger partial charge on any atom is 0.187 e. The van der Waals surface area contributed by atoms with Crippen LogP contribution in [0.15, 0.2) is 12.1 Å². The van der Waals surface area contributed by atoms with Gasteiger partial charge in [0.05, 0.1) is 0 Å². The highest BCUT2D eigenvalue weighted by molar-refractivity contribution is 5.33. The number of aryl methyl sites for hydroxylation is 2. The van der Waals surface area contributed by atoms with Crippen molar-refractivity contribution in [3.8, 4) is 0 Å². The molecule has 1 aromatic rings. The third kappa shape index (κ3) is 3.51. The van der Waals surface area contributed by atoms with Crippen LogP contribution in [-0.4, -0.2) is 24.6 Å². The zero-order chi connectivity index (χ0) is 13.7. The molecule has 0 aromatic heterocycles. The summed E-state index contributed by atoms with van der Waals surface area (Å²) < 4.78 is 24.5. The molecule has 102 valence electrons. The number of rotatable bonds is 6. The van der Waals surface area contributed by atoms with E-state index in [2.05, 4.69) is 0 Å². The second kappa shape index (κ2) is 6.83. The number of benzene rings is 1. The molecule has 0 radical (unpaired) electrons. The molecule has 0 spiro atoms. The Labute approximate surface area is 108 Å². The average molecular weight is 256 g/mol. The van der Waals surface area contributed by atoms with Gasteiger partial charge in [-0.3, -0.25) is 0 Å². The molecule has 0 bridgehead atoms. The fraction of sp³-hybridized carbons (Fsp3) is 0.571. The molecule has 0 saturated heterocycles. The monoisotopic (exact) mass is 256 g/mol. The van der Waals surface area contributed by atoms with Crippen molar-refractivity contribution in [2.24, 2.45) is 0 Å². The van der Waals surface area contributed by atoms with Crippen molar-refractivity contribution in [2.45, 2.75) is 40.1 Å². The lowest BCUT2D eigenvalue weighted by Crippen LogP contribution is -2.27. The molecule has 1 rings (SSSR count). The summed E-state index contributed by atoms with van der Waals surface area (Å²) in [6, 6.07) is 3.23. The molecule has 0 fully saturated rings. The van der Waals surface area contributed by atoms with Crippen LogP contribution in [0, 0.1) is 19.7 Å². The van der Waals surface area contributed by atoms with Gasteiger partial charge in [-0.2, -0.15) is 0 Å². The van der Waals surface area contributed by atoms with Gasteiger partial charge >= 0.3 is 0 Å². The molecule has 1 N–H and O–H groups in total.